The van der Waals surface area contributed by atoms with Crippen LogP contribution in [0.2, 0.25) is 0 Å². The van der Waals surface area contributed by atoms with Gasteiger partial charge in [-0.1, -0.05) is 34.1 Å². The van der Waals surface area contributed by atoms with Gasteiger partial charge in [0.15, 0.2) is 5.76 Å². The monoisotopic (exact) mass is 500 g/mol. The van der Waals surface area contributed by atoms with E-state index in [0.29, 0.717) is 22.7 Å². The highest BCUT2D eigenvalue weighted by Gasteiger charge is 2.14. The Morgan fingerprint density at radius 1 is 1.00 bits per heavy atom. The van der Waals surface area contributed by atoms with E-state index < -0.39 is 0 Å². The zero-order valence-electron chi connectivity index (χ0n) is 14.5. The van der Waals surface area contributed by atoms with Gasteiger partial charge in [-0.2, -0.15) is 0 Å². The Morgan fingerprint density at radius 3 is 2.71 bits per heavy atom. The number of ether oxygens (including phenoxy) is 1. The van der Waals surface area contributed by atoms with Crippen LogP contribution in [0.25, 0.3) is 10.9 Å². The van der Waals surface area contributed by atoms with E-state index in [1.54, 1.807) is 24.4 Å². The number of furan rings is 1. The lowest BCUT2D eigenvalue weighted by Gasteiger charge is -2.08. The molecule has 0 aliphatic carbocycles. The Morgan fingerprint density at radius 2 is 1.86 bits per heavy atom. The maximum atomic E-state index is 12.6. The second-order valence-corrected chi connectivity index (χ2v) is 7.64. The average molecular weight is 502 g/mol. The lowest BCUT2D eigenvalue weighted by Crippen LogP contribution is -2.11. The molecule has 1 N–H and O–H groups in total. The first-order valence-electron chi connectivity index (χ1n) is 8.42. The lowest BCUT2D eigenvalue weighted by molar-refractivity contribution is 0.0992. The van der Waals surface area contributed by atoms with E-state index in [0.717, 1.165) is 14.3 Å². The molecule has 0 fully saturated rings. The average Bonchev–Trinajstić information content (AvgIpc) is 3.19. The van der Waals surface area contributed by atoms with Gasteiger partial charge in [-0.15, -0.1) is 0 Å². The fourth-order valence-electron chi connectivity index (χ4n) is 2.71. The van der Waals surface area contributed by atoms with Gasteiger partial charge in [0, 0.05) is 16.1 Å². The molecule has 5 nitrogen and oxygen atoms in total. The third-order valence-electron chi connectivity index (χ3n) is 4.06. The van der Waals surface area contributed by atoms with Gasteiger partial charge in [0.25, 0.3) is 5.91 Å². The van der Waals surface area contributed by atoms with E-state index >= 15 is 0 Å². The molecular formula is C21H14Br2N2O3. The summed E-state index contributed by atoms with van der Waals surface area (Å²) in [5.41, 5.74) is 1.32. The third-order valence-corrected chi connectivity index (χ3v) is 5.40. The standard InChI is InChI=1S/C21H14Br2N2O3/c22-15-8-9-17(20-14(15)4-3-11-24-20)25-21(26)19-10-7-13(28-19)12-27-18-6-2-1-5-16(18)23/h1-11H,12H2,(H,25,26). The Kier molecular flexibility index (Phi) is 5.45. The van der Waals surface area contributed by atoms with Crippen molar-refractivity contribution in [3.8, 4) is 5.75 Å². The highest BCUT2D eigenvalue weighted by Crippen LogP contribution is 2.29. The Balaban J connectivity index is 1.48. The summed E-state index contributed by atoms with van der Waals surface area (Å²) in [5, 5.41) is 3.78. The zero-order chi connectivity index (χ0) is 19.5. The van der Waals surface area contributed by atoms with Crippen molar-refractivity contribution in [3.05, 3.63) is 87.3 Å². The maximum Gasteiger partial charge on any atom is 0.291 e. The van der Waals surface area contributed by atoms with E-state index in [9.17, 15) is 4.79 Å². The number of nitrogens with zero attached hydrogens (tertiary/aromatic N) is 1. The summed E-state index contributed by atoms with van der Waals surface area (Å²) in [6, 6.07) is 18.4. The number of benzene rings is 2. The first-order valence-corrected chi connectivity index (χ1v) is 10.0. The first kappa shape index (κ1) is 18.7. The van der Waals surface area contributed by atoms with E-state index in [2.05, 4.69) is 42.2 Å². The number of carbonyl (C=O) groups is 1. The summed E-state index contributed by atoms with van der Waals surface area (Å²) in [5.74, 6) is 1.12. The number of hydrogen-bond donors (Lipinski definition) is 1. The molecule has 0 spiro atoms. The molecule has 1 amide bonds. The number of aromatic nitrogens is 1. The van der Waals surface area contributed by atoms with Crippen LogP contribution >= 0.6 is 31.9 Å². The van der Waals surface area contributed by atoms with Crippen molar-refractivity contribution in [2.45, 2.75) is 6.61 Å². The smallest absolute Gasteiger partial charge is 0.291 e. The molecule has 4 rings (SSSR count). The van der Waals surface area contributed by atoms with Crippen molar-refractivity contribution in [2.75, 3.05) is 5.32 Å². The van der Waals surface area contributed by atoms with Crippen LogP contribution in [0, 0.1) is 0 Å². The molecule has 0 saturated carbocycles. The SMILES string of the molecule is O=C(Nc1ccc(Br)c2cccnc12)c1ccc(COc2ccccc2Br)o1. The van der Waals surface area contributed by atoms with E-state index in [-0.39, 0.29) is 18.3 Å². The summed E-state index contributed by atoms with van der Waals surface area (Å²) in [7, 11) is 0. The fourth-order valence-corrected chi connectivity index (χ4v) is 3.56. The highest BCUT2D eigenvalue weighted by atomic mass is 79.9. The van der Waals surface area contributed by atoms with Crippen LogP contribution < -0.4 is 10.1 Å². The van der Waals surface area contributed by atoms with Crippen molar-refractivity contribution in [3.63, 3.8) is 0 Å². The third kappa shape index (κ3) is 3.95. The van der Waals surface area contributed by atoms with Crippen LogP contribution in [0.15, 0.2) is 80.2 Å². The van der Waals surface area contributed by atoms with Crippen molar-refractivity contribution in [1.29, 1.82) is 0 Å². The number of rotatable bonds is 5. The molecule has 0 radical (unpaired) electrons. The molecule has 0 bridgehead atoms. The molecule has 0 atom stereocenters. The minimum Gasteiger partial charge on any atom is -0.484 e. The minimum absolute atomic E-state index is 0.206. The molecule has 0 unspecified atom stereocenters. The lowest BCUT2D eigenvalue weighted by atomic mass is 10.2. The van der Waals surface area contributed by atoms with Crippen molar-refractivity contribution >= 4 is 54.4 Å². The van der Waals surface area contributed by atoms with Crippen molar-refractivity contribution in [1.82, 2.24) is 4.98 Å². The van der Waals surface area contributed by atoms with Crippen LogP contribution in [0.4, 0.5) is 5.69 Å². The zero-order valence-corrected chi connectivity index (χ0v) is 17.7. The first-order chi connectivity index (χ1) is 13.6. The molecule has 2 heterocycles. The predicted octanol–water partition coefficient (Wildman–Crippen LogP) is 6.18. The van der Waals surface area contributed by atoms with Gasteiger partial charge in [-0.05, 0) is 58.4 Å². The molecule has 2 aromatic heterocycles. The number of carbonyl (C=O) groups excluding carboxylic acids is 1. The summed E-state index contributed by atoms with van der Waals surface area (Å²) in [6.45, 7) is 0.221. The van der Waals surface area contributed by atoms with Crippen LogP contribution in [0.3, 0.4) is 0 Å². The van der Waals surface area contributed by atoms with Crippen LogP contribution in [0.1, 0.15) is 16.3 Å². The van der Waals surface area contributed by atoms with Crippen molar-refractivity contribution < 1.29 is 13.9 Å². The molecule has 4 aromatic rings. The van der Waals surface area contributed by atoms with Crippen molar-refractivity contribution in [2.24, 2.45) is 0 Å². The largest absolute Gasteiger partial charge is 0.484 e. The molecule has 0 saturated heterocycles. The van der Waals surface area contributed by atoms with Crippen LogP contribution in [-0.4, -0.2) is 10.9 Å². The normalized spacial score (nSPS) is 10.8. The summed E-state index contributed by atoms with van der Waals surface area (Å²) < 4.78 is 13.1. The number of fused-ring (bicyclic) bond motifs is 1. The van der Waals surface area contributed by atoms with Gasteiger partial charge >= 0.3 is 0 Å². The molecular weight excluding hydrogens is 488 g/mol. The maximum absolute atomic E-state index is 12.6. The number of para-hydroxylation sites is 1. The Hall–Kier alpha value is -2.64. The predicted molar refractivity (Wildman–Crippen MR) is 115 cm³/mol. The molecule has 28 heavy (non-hydrogen) atoms. The van der Waals surface area contributed by atoms with Crippen LogP contribution in [-0.2, 0) is 6.61 Å². The number of anilines is 1. The number of nitrogens with one attached hydrogen (secondary N) is 1. The van der Waals surface area contributed by atoms with Gasteiger partial charge < -0.3 is 14.5 Å². The summed E-state index contributed by atoms with van der Waals surface area (Å²) in [4.78, 5) is 17.0. The van der Waals surface area contributed by atoms with Gasteiger partial charge in [-0.25, -0.2) is 0 Å². The Labute approximate surface area is 178 Å². The fraction of sp³-hybridized carbons (Fsp3) is 0.0476. The minimum atomic E-state index is -0.346. The number of hydrogen-bond acceptors (Lipinski definition) is 4. The molecule has 140 valence electrons. The van der Waals surface area contributed by atoms with E-state index in [4.69, 9.17) is 9.15 Å². The number of halogens is 2. The summed E-state index contributed by atoms with van der Waals surface area (Å²) >= 11 is 6.93. The number of amides is 1. The van der Waals surface area contributed by atoms with Gasteiger partial charge in [0.2, 0.25) is 0 Å². The van der Waals surface area contributed by atoms with E-state index in [1.807, 2.05) is 42.5 Å². The topological polar surface area (TPSA) is 64.4 Å². The second kappa shape index (κ2) is 8.16. The van der Waals surface area contributed by atoms with Gasteiger partial charge in [-0.3, -0.25) is 9.78 Å². The molecule has 7 heteroatoms. The molecule has 2 aromatic carbocycles. The quantitative estimate of drug-likeness (QED) is 0.354. The number of pyridine rings is 1. The van der Waals surface area contributed by atoms with Gasteiger partial charge in [0.1, 0.15) is 18.1 Å². The van der Waals surface area contributed by atoms with E-state index in [1.165, 1.54) is 0 Å². The Bertz CT molecular complexity index is 1160. The molecule has 0 aliphatic heterocycles. The highest BCUT2D eigenvalue weighted by molar-refractivity contribution is 9.11. The van der Waals surface area contributed by atoms with Crippen LogP contribution in [0.5, 0.6) is 5.75 Å². The molecule has 0 aliphatic rings. The summed E-state index contributed by atoms with van der Waals surface area (Å²) in [6.07, 6.45) is 1.69. The van der Waals surface area contributed by atoms with Gasteiger partial charge in [0.05, 0.1) is 15.7 Å². The second-order valence-electron chi connectivity index (χ2n) is 5.93.